The van der Waals surface area contributed by atoms with E-state index < -0.39 is 71.1 Å². The second-order valence-electron chi connectivity index (χ2n) is 11.6. The maximum Gasteiger partial charge on any atom is 0.416 e. The first-order valence-corrected chi connectivity index (χ1v) is 15.8. The van der Waals surface area contributed by atoms with Gasteiger partial charge in [0.1, 0.15) is 24.4 Å². The van der Waals surface area contributed by atoms with Crippen molar-refractivity contribution in [3.8, 4) is 0 Å². The molecular formula is C38H34F6N2O7. The third-order valence-electron chi connectivity index (χ3n) is 7.71. The van der Waals surface area contributed by atoms with Gasteiger partial charge in [-0.05, 0) is 53.5 Å². The van der Waals surface area contributed by atoms with Crippen LogP contribution in [0.2, 0.25) is 0 Å². The highest BCUT2D eigenvalue weighted by Gasteiger charge is 2.39. The van der Waals surface area contributed by atoms with Crippen molar-refractivity contribution in [2.45, 2.75) is 44.1 Å². The van der Waals surface area contributed by atoms with E-state index in [0.29, 0.717) is 23.3 Å². The van der Waals surface area contributed by atoms with Gasteiger partial charge in [0.2, 0.25) is 0 Å². The molecule has 0 aliphatic rings. The summed E-state index contributed by atoms with van der Waals surface area (Å²) in [4.78, 5) is 39.4. The first-order chi connectivity index (χ1) is 25.1. The average molecular weight is 745 g/mol. The molecule has 0 heterocycles. The van der Waals surface area contributed by atoms with Crippen molar-refractivity contribution in [1.29, 1.82) is 0 Å². The molecule has 280 valence electrons. The van der Waals surface area contributed by atoms with Gasteiger partial charge in [-0.3, -0.25) is 5.32 Å². The van der Waals surface area contributed by atoms with E-state index in [-0.39, 0.29) is 24.8 Å². The van der Waals surface area contributed by atoms with Crippen LogP contribution in [-0.4, -0.2) is 31.9 Å². The van der Waals surface area contributed by atoms with E-state index in [1.807, 2.05) is 0 Å². The lowest BCUT2D eigenvalue weighted by atomic mass is 9.89. The monoisotopic (exact) mass is 744 g/mol. The molecule has 0 bridgehead atoms. The summed E-state index contributed by atoms with van der Waals surface area (Å²) in [5, 5.41) is 4.90. The average Bonchev–Trinajstić information content (AvgIpc) is 3.14. The molecule has 4 aromatic carbocycles. The number of rotatable bonds is 13. The van der Waals surface area contributed by atoms with Crippen molar-refractivity contribution in [1.82, 2.24) is 10.6 Å². The SMILES string of the molecule is COC(=O)C(=C[C@](CO[C@H](C)c1cc(C(F)(F)F)cc(C(F)(F)F)c1)(NC(=O)OCc1ccccc1)c1ccccc1)NC(=O)OCc1ccccc1. The summed E-state index contributed by atoms with van der Waals surface area (Å²) in [6.45, 7) is 0.0874. The number of methoxy groups -OCH3 is 1. The number of amides is 2. The minimum atomic E-state index is -5.12. The number of halogens is 6. The molecule has 53 heavy (non-hydrogen) atoms. The molecule has 0 saturated carbocycles. The fraction of sp³-hybridized carbons (Fsp3) is 0.237. The Kier molecular flexibility index (Phi) is 13.3. The number of benzene rings is 4. The fourth-order valence-electron chi connectivity index (χ4n) is 4.97. The Hall–Kier alpha value is -5.83. The molecule has 4 rings (SSSR count). The summed E-state index contributed by atoms with van der Waals surface area (Å²) in [7, 11) is 1.02. The fourth-order valence-corrected chi connectivity index (χ4v) is 4.97. The summed E-state index contributed by atoms with van der Waals surface area (Å²) in [6.07, 6.45) is -12.8. The molecule has 0 spiro atoms. The van der Waals surface area contributed by atoms with Crippen LogP contribution in [0.3, 0.4) is 0 Å². The lowest BCUT2D eigenvalue weighted by Crippen LogP contribution is -2.49. The summed E-state index contributed by atoms with van der Waals surface area (Å²) in [5.41, 5.74) is -4.72. The van der Waals surface area contributed by atoms with Crippen molar-refractivity contribution >= 4 is 18.2 Å². The Bertz CT molecular complexity index is 1840. The van der Waals surface area contributed by atoms with Crippen molar-refractivity contribution in [3.05, 3.63) is 154 Å². The van der Waals surface area contributed by atoms with Crippen LogP contribution in [0.5, 0.6) is 0 Å². The highest BCUT2D eigenvalue weighted by atomic mass is 19.4. The molecule has 4 aromatic rings. The van der Waals surface area contributed by atoms with Crippen molar-refractivity contribution in [3.63, 3.8) is 0 Å². The summed E-state index contributed by atoms with van der Waals surface area (Å²) < 4.78 is 104. The number of carbonyl (C=O) groups excluding carboxylic acids is 3. The van der Waals surface area contributed by atoms with Crippen LogP contribution in [-0.2, 0) is 54.8 Å². The van der Waals surface area contributed by atoms with Gasteiger partial charge in [0.05, 0.1) is 30.9 Å². The predicted molar refractivity (Wildman–Crippen MR) is 179 cm³/mol. The van der Waals surface area contributed by atoms with E-state index in [0.717, 1.165) is 13.2 Å². The van der Waals surface area contributed by atoms with E-state index in [9.17, 15) is 40.7 Å². The number of hydrogen-bond donors (Lipinski definition) is 2. The molecule has 15 heteroatoms. The Balaban J connectivity index is 1.76. The van der Waals surface area contributed by atoms with Gasteiger partial charge >= 0.3 is 30.5 Å². The van der Waals surface area contributed by atoms with E-state index in [4.69, 9.17) is 18.9 Å². The zero-order valence-corrected chi connectivity index (χ0v) is 28.3. The van der Waals surface area contributed by atoms with Crippen LogP contribution < -0.4 is 10.6 Å². The predicted octanol–water partition coefficient (Wildman–Crippen LogP) is 8.61. The number of carbonyl (C=O) groups is 3. The van der Waals surface area contributed by atoms with Crippen LogP contribution in [0.1, 0.15) is 46.4 Å². The highest BCUT2D eigenvalue weighted by Crippen LogP contribution is 2.38. The van der Waals surface area contributed by atoms with Crippen LogP contribution in [0.25, 0.3) is 0 Å². The number of hydrogen-bond acceptors (Lipinski definition) is 7. The Morgan fingerprint density at radius 3 is 1.62 bits per heavy atom. The normalized spacial score (nSPS) is 13.6. The maximum absolute atomic E-state index is 13.7. The number of alkyl carbamates (subject to hydrolysis) is 2. The highest BCUT2D eigenvalue weighted by molar-refractivity contribution is 5.92. The van der Waals surface area contributed by atoms with Gasteiger partial charge in [-0.25, -0.2) is 14.4 Å². The maximum atomic E-state index is 13.7. The molecule has 2 atom stereocenters. The molecule has 0 aromatic heterocycles. The van der Waals surface area contributed by atoms with Gasteiger partial charge in [0.15, 0.2) is 0 Å². The molecule has 0 fully saturated rings. The van der Waals surface area contributed by atoms with Gasteiger partial charge < -0.3 is 24.3 Å². The number of alkyl halides is 6. The molecule has 9 nitrogen and oxygen atoms in total. The molecule has 0 radical (unpaired) electrons. The Labute approximate surface area is 300 Å². The van der Waals surface area contributed by atoms with Gasteiger partial charge in [-0.1, -0.05) is 91.0 Å². The third kappa shape index (κ3) is 11.6. The first-order valence-electron chi connectivity index (χ1n) is 15.8. The van der Waals surface area contributed by atoms with E-state index in [2.05, 4.69) is 10.6 Å². The lowest BCUT2D eigenvalue weighted by molar-refractivity contribution is -0.143. The summed E-state index contributed by atoms with van der Waals surface area (Å²) >= 11 is 0. The zero-order chi connectivity index (χ0) is 38.6. The minimum Gasteiger partial charge on any atom is -0.464 e. The number of ether oxygens (including phenoxy) is 4. The second kappa shape index (κ2) is 17.6. The molecule has 0 saturated heterocycles. The number of esters is 1. The van der Waals surface area contributed by atoms with Gasteiger partial charge in [-0.15, -0.1) is 0 Å². The van der Waals surface area contributed by atoms with Crippen LogP contribution in [0.15, 0.2) is 121 Å². The first kappa shape index (κ1) is 39.9. The standard InChI is InChI=1S/C38H34F6N2O7/c1-25(28-18-30(37(39,40)41)20-31(19-28)38(42,43)44)53-24-36(29-16-10-5-11-17-29,46-35(49)52-23-27-14-8-4-9-15-27)21-32(33(47)50-2)45-34(48)51-22-26-12-6-3-7-13-26/h3-21,25H,22-24H2,1-2H3,(H,45,48)(H,46,49)/t25-,36-/m1/s1. The van der Waals surface area contributed by atoms with Crippen LogP contribution >= 0.6 is 0 Å². The van der Waals surface area contributed by atoms with Crippen molar-refractivity contribution in [2.24, 2.45) is 0 Å². The Morgan fingerprint density at radius 2 is 1.15 bits per heavy atom. The summed E-state index contributed by atoms with van der Waals surface area (Å²) in [6, 6.07) is 25.9. The van der Waals surface area contributed by atoms with Crippen LogP contribution in [0, 0.1) is 0 Å². The van der Waals surface area contributed by atoms with Crippen molar-refractivity contribution in [2.75, 3.05) is 13.7 Å². The van der Waals surface area contributed by atoms with Crippen molar-refractivity contribution < 1.29 is 59.7 Å². The molecule has 0 aliphatic heterocycles. The molecule has 0 aliphatic carbocycles. The molecule has 2 amide bonds. The van der Waals surface area contributed by atoms with Gasteiger partial charge in [0.25, 0.3) is 0 Å². The molecular weight excluding hydrogens is 710 g/mol. The Morgan fingerprint density at radius 1 is 0.679 bits per heavy atom. The zero-order valence-electron chi connectivity index (χ0n) is 28.3. The van der Waals surface area contributed by atoms with Gasteiger partial charge in [0, 0.05) is 0 Å². The minimum absolute atomic E-state index is 0.0112. The van der Waals surface area contributed by atoms with Gasteiger partial charge in [-0.2, -0.15) is 26.3 Å². The quantitative estimate of drug-likeness (QED) is 0.0611. The van der Waals surface area contributed by atoms with Crippen LogP contribution in [0.4, 0.5) is 35.9 Å². The second-order valence-corrected chi connectivity index (χ2v) is 11.6. The third-order valence-corrected chi connectivity index (χ3v) is 7.71. The largest absolute Gasteiger partial charge is 0.464 e. The van der Waals surface area contributed by atoms with E-state index >= 15 is 0 Å². The van der Waals surface area contributed by atoms with E-state index in [1.54, 1.807) is 78.9 Å². The smallest absolute Gasteiger partial charge is 0.416 e. The van der Waals surface area contributed by atoms with E-state index in [1.165, 1.54) is 19.1 Å². The molecule has 0 unspecified atom stereocenters. The number of nitrogens with one attached hydrogen (secondary N) is 2. The molecule has 2 N–H and O–H groups in total. The summed E-state index contributed by atoms with van der Waals surface area (Å²) in [5.74, 6) is -1.11. The lowest BCUT2D eigenvalue weighted by Gasteiger charge is -2.34. The topological polar surface area (TPSA) is 112 Å².